The van der Waals surface area contributed by atoms with Gasteiger partial charge in [-0.05, 0) is 18.8 Å². The Morgan fingerprint density at radius 3 is 2.60 bits per heavy atom. The quantitative estimate of drug-likeness (QED) is 0.686. The van der Waals surface area contributed by atoms with E-state index in [0.717, 1.165) is 25.9 Å². The van der Waals surface area contributed by atoms with Gasteiger partial charge in [-0.25, -0.2) is 8.42 Å². The molecule has 1 N–H and O–H groups in total. The van der Waals surface area contributed by atoms with Crippen LogP contribution in [0.15, 0.2) is 0 Å². The molecule has 2 aliphatic heterocycles. The molecular weight excluding hydrogens is 214 g/mol. The molecule has 2 heterocycles. The molecule has 0 aromatic rings. The van der Waals surface area contributed by atoms with Crippen LogP contribution in [0.3, 0.4) is 0 Å². The number of sulfone groups is 1. The number of hydrogen-bond donors (Lipinski definition) is 1. The van der Waals surface area contributed by atoms with Crippen molar-refractivity contribution in [2.75, 3.05) is 24.6 Å². The summed E-state index contributed by atoms with van der Waals surface area (Å²) in [6.07, 6.45) is 1.34. The SMILES string of the molecule is CC1CN(C2CCS(=O)(=O)C2)CCC1O. The minimum Gasteiger partial charge on any atom is -0.393 e. The zero-order chi connectivity index (χ0) is 11.1. The molecule has 2 aliphatic rings. The standard InChI is InChI=1S/C10H19NO3S/c1-8-6-11(4-2-10(8)12)9-3-5-15(13,14)7-9/h8-10,12H,2-7H2,1H3. The number of hydrogen-bond acceptors (Lipinski definition) is 4. The van der Waals surface area contributed by atoms with E-state index >= 15 is 0 Å². The van der Waals surface area contributed by atoms with Crippen molar-refractivity contribution in [3.63, 3.8) is 0 Å². The number of rotatable bonds is 1. The largest absolute Gasteiger partial charge is 0.393 e. The summed E-state index contributed by atoms with van der Waals surface area (Å²) in [6.45, 7) is 3.70. The van der Waals surface area contributed by atoms with E-state index in [1.807, 2.05) is 6.92 Å². The molecule has 0 aromatic carbocycles. The molecule has 4 nitrogen and oxygen atoms in total. The summed E-state index contributed by atoms with van der Waals surface area (Å²) in [5, 5.41) is 9.60. The van der Waals surface area contributed by atoms with Gasteiger partial charge in [0.1, 0.15) is 0 Å². The Morgan fingerprint density at radius 2 is 2.07 bits per heavy atom. The van der Waals surface area contributed by atoms with E-state index in [2.05, 4.69) is 4.90 Å². The predicted octanol–water partition coefficient (Wildman–Crippen LogP) is -0.124. The van der Waals surface area contributed by atoms with Gasteiger partial charge in [-0.3, -0.25) is 4.90 Å². The highest BCUT2D eigenvalue weighted by molar-refractivity contribution is 7.91. The van der Waals surface area contributed by atoms with Gasteiger partial charge in [0.15, 0.2) is 9.84 Å². The van der Waals surface area contributed by atoms with Crippen LogP contribution >= 0.6 is 0 Å². The van der Waals surface area contributed by atoms with E-state index in [1.54, 1.807) is 0 Å². The van der Waals surface area contributed by atoms with Crippen molar-refractivity contribution < 1.29 is 13.5 Å². The van der Waals surface area contributed by atoms with Crippen molar-refractivity contribution in [1.29, 1.82) is 0 Å². The Bertz CT molecular complexity index is 328. The highest BCUT2D eigenvalue weighted by Gasteiger charge is 2.35. The van der Waals surface area contributed by atoms with Gasteiger partial charge in [0, 0.05) is 19.1 Å². The van der Waals surface area contributed by atoms with Gasteiger partial charge in [-0.15, -0.1) is 0 Å². The summed E-state index contributed by atoms with van der Waals surface area (Å²) < 4.78 is 22.7. The van der Waals surface area contributed by atoms with Crippen LogP contribution in [0, 0.1) is 5.92 Å². The molecule has 0 amide bonds. The van der Waals surface area contributed by atoms with E-state index < -0.39 is 9.84 Å². The van der Waals surface area contributed by atoms with Crippen LogP contribution in [0.5, 0.6) is 0 Å². The first kappa shape index (κ1) is 11.4. The molecule has 0 bridgehead atoms. The van der Waals surface area contributed by atoms with Crippen molar-refractivity contribution in [3.05, 3.63) is 0 Å². The van der Waals surface area contributed by atoms with Crippen LogP contribution in [0.25, 0.3) is 0 Å². The molecule has 0 spiro atoms. The van der Waals surface area contributed by atoms with Gasteiger partial charge in [0.25, 0.3) is 0 Å². The third kappa shape index (κ3) is 2.52. The summed E-state index contributed by atoms with van der Waals surface area (Å²) >= 11 is 0. The van der Waals surface area contributed by atoms with Crippen molar-refractivity contribution in [1.82, 2.24) is 4.90 Å². The van der Waals surface area contributed by atoms with Crippen LogP contribution in [0.1, 0.15) is 19.8 Å². The maximum Gasteiger partial charge on any atom is 0.151 e. The molecule has 5 heteroatoms. The topological polar surface area (TPSA) is 57.6 Å². The molecule has 3 unspecified atom stereocenters. The van der Waals surface area contributed by atoms with Gasteiger partial charge in [0.05, 0.1) is 17.6 Å². The van der Waals surface area contributed by atoms with Crippen molar-refractivity contribution >= 4 is 9.84 Å². The molecular formula is C10H19NO3S. The Balaban J connectivity index is 1.96. The molecule has 88 valence electrons. The summed E-state index contributed by atoms with van der Waals surface area (Å²) in [4.78, 5) is 2.24. The lowest BCUT2D eigenvalue weighted by molar-refractivity contribution is 0.0215. The second kappa shape index (κ2) is 4.03. The number of likely N-dealkylation sites (tertiary alicyclic amines) is 1. The van der Waals surface area contributed by atoms with Crippen LogP contribution in [-0.4, -0.2) is 55.2 Å². The van der Waals surface area contributed by atoms with Gasteiger partial charge < -0.3 is 5.11 Å². The molecule has 0 radical (unpaired) electrons. The van der Waals surface area contributed by atoms with Crippen molar-refractivity contribution in [2.24, 2.45) is 5.92 Å². The fraction of sp³-hybridized carbons (Fsp3) is 1.00. The smallest absolute Gasteiger partial charge is 0.151 e. The molecule has 0 aromatic heterocycles. The fourth-order valence-corrected chi connectivity index (χ4v) is 4.32. The maximum atomic E-state index is 11.4. The first-order valence-electron chi connectivity index (χ1n) is 5.60. The van der Waals surface area contributed by atoms with Gasteiger partial charge in [-0.2, -0.15) is 0 Å². The van der Waals surface area contributed by atoms with Crippen LogP contribution in [0.4, 0.5) is 0 Å². The Morgan fingerprint density at radius 1 is 1.33 bits per heavy atom. The highest BCUT2D eigenvalue weighted by Crippen LogP contribution is 2.24. The molecule has 3 atom stereocenters. The molecule has 2 rings (SSSR count). The zero-order valence-electron chi connectivity index (χ0n) is 9.09. The lowest BCUT2D eigenvalue weighted by Gasteiger charge is -2.37. The second-order valence-electron chi connectivity index (χ2n) is 4.89. The highest BCUT2D eigenvalue weighted by atomic mass is 32.2. The minimum absolute atomic E-state index is 0.199. The lowest BCUT2D eigenvalue weighted by Crippen LogP contribution is -2.47. The third-order valence-corrected chi connectivity index (χ3v) is 5.37. The number of aliphatic hydroxyl groups is 1. The molecule has 0 saturated carbocycles. The predicted molar refractivity (Wildman–Crippen MR) is 58.4 cm³/mol. The van der Waals surface area contributed by atoms with Crippen molar-refractivity contribution in [2.45, 2.75) is 31.9 Å². The molecule has 0 aliphatic carbocycles. The third-order valence-electron chi connectivity index (χ3n) is 3.62. The minimum atomic E-state index is -2.78. The van der Waals surface area contributed by atoms with Crippen LogP contribution in [0.2, 0.25) is 0 Å². The molecule has 2 fully saturated rings. The van der Waals surface area contributed by atoms with Crippen LogP contribution in [-0.2, 0) is 9.84 Å². The average molecular weight is 233 g/mol. The number of piperidine rings is 1. The van der Waals surface area contributed by atoms with Gasteiger partial charge in [-0.1, -0.05) is 6.92 Å². The normalized spacial score (nSPS) is 41.9. The first-order chi connectivity index (χ1) is 6.98. The number of aliphatic hydroxyl groups excluding tert-OH is 1. The van der Waals surface area contributed by atoms with Gasteiger partial charge >= 0.3 is 0 Å². The summed E-state index contributed by atoms with van der Waals surface area (Å²) in [5.41, 5.74) is 0. The van der Waals surface area contributed by atoms with E-state index in [9.17, 15) is 13.5 Å². The molecule has 2 saturated heterocycles. The summed E-state index contributed by atoms with van der Waals surface area (Å²) in [7, 11) is -2.78. The fourth-order valence-electron chi connectivity index (χ4n) is 2.56. The lowest BCUT2D eigenvalue weighted by atomic mass is 9.95. The monoisotopic (exact) mass is 233 g/mol. The number of nitrogens with zero attached hydrogens (tertiary/aromatic N) is 1. The van der Waals surface area contributed by atoms with E-state index in [1.165, 1.54) is 0 Å². The van der Waals surface area contributed by atoms with E-state index in [4.69, 9.17) is 0 Å². The second-order valence-corrected chi connectivity index (χ2v) is 7.11. The average Bonchev–Trinajstić information content (AvgIpc) is 2.51. The summed E-state index contributed by atoms with van der Waals surface area (Å²) in [6, 6.07) is 0.199. The zero-order valence-corrected chi connectivity index (χ0v) is 9.91. The summed E-state index contributed by atoms with van der Waals surface area (Å²) in [5.74, 6) is 0.919. The Hall–Kier alpha value is -0.130. The van der Waals surface area contributed by atoms with Crippen LogP contribution < -0.4 is 0 Å². The van der Waals surface area contributed by atoms with Gasteiger partial charge in [0.2, 0.25) is 0 Å². The maximum absolute atomic E-state index is 11.4. The van der Waals surface area contributed by atoms with E-state index in [0.29, 0.717) is 11.5 Å². The van der Waals surface area contributed by atoms with E-state index in [-0.39, 0.29) is 18.1 Å². The molecule has 15 heavy (non-hydrogen) atoms. The Labute approximate surface area is 91.2 Å². The first-order valence-corrected chi connectivity index (χ1v) is 7.42. The Kier molecular flexibility index (Phi) is 3.05. The van der Waals surface area contributed by atoms with Crippen molar-refractivity contribution in [3.8, 4) is 0 Å².